The van der Waals surface area contributed by atoms with Gasteiger partial charge in [0, 0.05) is 31.4 Å². The van der Waals surface area contributed by atoms with Crippen LogP contribution < -0.4 is 16.0 Å². The van der Waals surface area contributed by atoms with Crippen LogP contribution in [0.4, 0.5) is 11.5 Å². The van der Waals surface area contributed by atoms with Crippen LogP contribution in [-0.4, -0.2) is 29.1 Å². The number of nitrogens with zero attached hydrogens (tertiary/aromatic N) is 1. The molecule has 36 heavy (non-hydrogen) atoms. The van der Waals surface area contributed by atoms with Gasteiger partial charge in [0.25, 0.3) is 0 Å². The van der Waals surface area contributed by atoms with Crippen molar-refractivity contribution in [2.24, 2.45) is 23.2 Å². The second kappa shape index (κ2) is 9.74. The zero-order valence-corrected chi connectivity index (χ0v) is 20.8. The molecule has 1 heterocycles. The molecule has 7 rings (SSSR count). The molecule has 0 atom stereocenters. The van der Waals surface area contributed by atoms with Crippen molar-refractivity contribution in [3.63, 3.8) is 0 Å². The largest absolute Gasteiger partial charge is 0.508 e. The van der Waals surface area contributed by atoms with Crippen LogP contribution in [0.5, 0.6) is 5.75 Å². The Bertz CT molecular complexity index is 1220. The third kappa shape index (κ3) is 5.05. The maximum absolute atomic E-state index is 13.2. The van der Waals surface area contributed by atoms with E-state index in [1.54, 1.807) is 12.1 Å². The van der Waals surface area contributed by atoms with Crippen LogP contribution >= 0.6 is 0 Å². The molecule has 4 aliphatic carbocycles. The predicted octanol–water partition coefficient (Wildman–Crippen LogP) is 5.69. The number of phenols is 1. The van der Waals surface area contributed by atoms with Crippen LogP contribution in [0, 0.1) is 23.2 Å². The first-order chi connectivity index (χ1) is 17.5. The van der Waals surface area contributed by atoms with Gasteiger partial charge in [-0.1, -0.05) is 18.2 Å². The van der Waals surface area contributed by atoms with Crippen LogP contribution in [-0.2, 0) is 11.3 Å². The zero-order valence-electron chi connectivity index (χ0n) is 20.8. The van der Waals surface area contributed by atoms with E-state index in [2.05, 4.69) is 16.0 Å². The lowest BCUT2D eigenvalue weighted by molar-refractivity contribution is -0.124. The van der Waals surface area contributed by atoms with Crippen molar-refractivity contribution >= 4 is 28.3 Å². The molecule has 4 saturated carbocycles. The number of pyridine rings is 1. The summed E-state index contributed by atoms with van der Waals surface area (Å²) in [6.45, 7) is 2.21. The monoisotopic (exact) mass is 484 g/mol. The smallest absolute Gasteiger partial charge is 0.224 e. The first-order valence-electron chi connectivity index (χ1n) is 13.5. The summed E-state index contributed by atoms with van der Waals surface area (Å²) in [5.74, 6) is 3.84. The number of hydrogen-bond donors (Lipinski definition) is 4. The molecule has 0 spiro atoms. The van der Waals surface area contributed by atoms with E-state index in [1.165, 1.54) is 38.5 Å². The van der Waals surface area contributed by atoms with E-state index in [0.717, 1.165) is 58.8 Å². The van der Waals surface area contributed by atoms with Crippen molar-refractivity contribution in [2.75, 3.05) is 23.7 Å². The summed E-state index contributed by atoms with van der Waals surface area (Å²) in [5, 5.41) is 20.5. The number of carbonyl (C=O) groups excluding carboxylic acids is 1. The average molecular weight is 485 g/mol. The van der Waals surface area contributed by atoms with Gasteiger partial charge in [-0.3, -0.25) is 4.79 Å². The second-order valence-electron chi connectivity index (χ2n) is 11.5. The van der Waals surface area contributed by atoms with E-state index in [9.17, 15) is 9.90 Å². The first kappa shape index (κ1) is 23.3. The predicted molar refractivity (Wildman–Crippen MR) is 144 cm³/mol. The van der Waals surface area contributed by atoms with Gasteiger partial charge in [0.1, 0.15) is 11.6 Å². The summed E-state index contributed by atoms with van der Waals surface area (Å²) in [7, 11) is 0. The van der Waals surface area contributed by atoms with E-state index < -0.39 is 0 Å². The lowest BCUT2D eigenvalue weighted by Gasteiger charge is -2.56. The van der Waals surface area contributed by atoms with Gasteiger partial charge in [0.2, 0.25) is 5.91 Å². The van der Waals surface area contributed by atoms with Crippen molar-refractivity contribution in [1.82, 2.24) is 10.3 Å². The molecule has 0 saturated heterocycles. The molecule has 4 N–H and O–H groups in total. The number of amides is 1. The lowest BCUT2D eigenvalue weighted by Crippen LogP contribution is -2.47. The molecule has 2 aromatic carbocycles. The zero-order chi connectivity index (χ0) is 24.5. The number of rotatable bonds is 9. The van der Waals surface area contributed by atoms with Crippen LogP contribution in [0.2, 0.25) is 0 Å². The summed E-state index contributed by atoms with van der Waals surface area (Å²) in [4.78, 5) is 17.9. The quantitative estimate of drug-likeness (QED) is 0.293. The van der Waals surface area contributed by atoms with Gasteiger partial charge in [-0.2, -0.15) is 0 Å². The fourth-order valence-electron chi connectivity index (χ4n) is 7.58. The number of benzene rings is 2. The minimum Gasteiger partial charge on any atom is -0.508 e. The normalized spacial score (nSPS) is 26.3. The highest BCUT2D eigenvalue weighted by molar-refractivity contribution is 6.01. The molecule has 4 aliphatic rings. The Hall–Kier alpha value is -3.12. The molecular weight excluding hydrogens is 448 g/mol. The van der Waals surface area contributed by atoms with E-state index in [4.69, 9.17) is 4.98 Å². The number of hydrogen-bond acceptors (Lipinski definition) is 5. The molecule has 6 heteroatoms. The van der Waals surface area contributed by atoms with E-state index in [1.807, 2.05) is 42.5 Å². The molecule has 0 aliphatic heterocycles. The van der Waals surface area contributed by atoms with Crippen molar-refractivity contribution in [2.45, 2.75) is 51.5 Å². The van der Waals surface area contributed by atoms with Gasteiger partial charge in [0.15, 0.2) is 0 Å². The van der Waals surface area contributed by atoms with Crippen molar-refractivity contribution in [1.29, 1.82) is 0 Å². The van der Waals surface area contributed by atoms with Crippen molar-refractivity contribution < 1.29 is 9.90 Å². The SMILES string of the molecule is O=C(CC12CC3CC(CC(C3)C1)C2)Nc1cccc2nc(NCCNCc3cccc(O)c3)ccc12. The Labute approximate surface area is 212 Å². The molecule has 188 valence electrons. The van der Waals surface area contributed by atoms with Crippen LogP contribution in [0.1, 0.15) is 50.5 Å². The maximum atomic E-state index is 13.2. The molecule has 4 fully saturated rings. The highest BCUT2D eigenvalue weighted by Gasteiger charge is 2.51. The van der Waals surface area contributed by atoms with Crippen molar-refractivity contribution in [3.8, 4) is 5.75 Å². The maximum Gasteiger partial charge on any atom is 0.224 e. The number of fused-ring (bicyclic) bond motifs is 1. The molecule has 4 bridgehead atoms. The van der Waals surface area contributed by atoms with Gasteiger partial charge in [-0.05, 0) is 104 Å². The fraction of sp³-hybridized carbons (Fsp3) is 0.467. The Morgan fingerprint density at radius 2 is 1.69 bits per heavy atom. The Morgan fingerprint density at radius 1 is 0.944 bits per heavy atom. The number of aromatic hydroxyl groups is 1. The lowest BCUT2D eigenvalue weighted by atomic mass is 9.49. The van der Waals surface area contributed by atoms with Gasteiger partial charge in [-0.15, -0.1) is 0 Å². The fourth-order valence-corrected chi connectivity index (χ4v) is 7.58. The topological polar surface area (TPSA) is 86.3 Å². The minimum absolute atomic E-state index is 0.157. The van der Waals surface area contributed by atoms with Gasteiger partial charge >= 0.3 is 0 Å². The summed E-state index contributed by atoms with van der Waals surface area (Å²) < 4.78 is 0. The van der Waals surface area contributed by atoms with Gasteiger partial charge < -0.3 is 21.1 Å². The molecule has 6 nitrogen and oxygen atoms in total. The van der Waals surface area contributed by atoms with Gasteiger partial charge in [-0.25, -0.2) is 4.98 Å². The number of nitrogens with one attached hydrogen (secondary N) is 3. The number of phenolic OH excluding ortho intramolecular Hbond substituents is 1. The number of aromatic nitrogens is 1. The number of carbonyl (C=O) groups is 1. The van der Waals surface area contributed by atoms with E-state index in [-0.39, 0.29) is 17.1 Å². The Morgan fingerprint density at radius 3 is 2.44 bits per heavy atom. The van der Waals surface area contributed by atoms with Crippen LogP contribution in [0.3, 0.4) is 0 Å². The number of anilines is 2. The molecule has 0 radical (unpaired) electrons. The highest BCUT2D eigenvalue weighted by atomic mass is 16.3. The standard InChI is InChI=1S/C30H36N4O2/c35-24-4-1-3-20(14-24)19-31-9-10-32-28-8-7-25-26(33-28)5-2-6-27(25)34-29(36)18-30-15-21-11-22(16-30)13-23(12-21)17-30/h1-8,14,21-23,31,35H,9-13,15-19H2,(H,32,33)(H,34,36). The minimum atomic E-state index is 0.157. The van der Waals surface area contributed by atoms with Crippen LogP contribution in [0.15, 0.2) is 54.6 Å². The summed E-state index contributed by atoms with van der Waals surface area (Å²) in [6, 6.07) is 17.3. The molecule has 1 amide bonds. The average Bonchev–Trinajstić information content (AvgIpc) is 2.83. The summed E-state index contributed by atoms with van der Waals surface area (Å²) >= 11 is 0. The summed E-state index contributed by atoms with van der Waals surface area (Å²) in [6.07, 6.45) is 8.62. The van der Waals surface area contributed by atoms with Gasteiger partial charge in [0.05, 0.1) is 11.2 Å². The molecule has 1 aromatic heterocycles. The molecule has 0 unspecified atom stereocenters. The molecule has 3 aromatic rings. The van der Waals surface area contributed by atoms with Crippen molar-refractivity contribution in [3.05, 3.63) is 60.2 Å². The Balaban J connectivity index is 1.04. The van der Waals surface area contributed by atoms with E-state index in [0.29, 0.717) is 13.0 Å². The highest BCUT2D eigenvalue weighted by Crippen LogP contribution is 2.61. The summed E-state index contributed by atoms with van der Waals surface area (Å²) in [5.41, 5.74) is 3.03. The van der Waals surface area contributed by atoms with E-state index >= 15 is 0 Å². The van der Waals surface area contributed by atoms with Crippen LogP contribution in [0.25, 0.3) is 10.9 Å². The molecular formula is C30H36N4O2. The first-order valence-corrected chi connectivity index (χ1v) is 13.5. The third-order valence-electron chi connectivity index (χ3n) is 8.55. The second-order valence-corrected chi connectivity index (χ2v) is 11.5. The third-order valence-corrected chi connectivity index (χ3v) is 8.55. The Kier molecular flexibility index (Phi) is 6.30.